The van der Waals surface area contributed by atoms with Crippen LogP contribution in [-0.4, -0.2) is 17.8 Å². The van der Waals surface area contributed by atoms with E-state index in [0.29, 0.717) is 50.5 Å². The maximum Gasteiger partial charge on any atom is 0.298 e. The highest BCUT2D eigenvalue weighted by Gasteiger charge is 2.37. The maximum atomic E-state index is 13.0. The molecule has 174 valence electrons. The Morgan fingerprint density at radius 2 is 1.82 bits per heavy atom. The lowest BCUT2D eigenvalue weighted by Crippen LogP contribution is -2.27. The number of halogens is 3. The van der Waals surface area contributed by atoms with Gasteiger partial charge in [0, 0.05) is 5.02 Å². The first-order chi connectivity index (χ1) is 16.4. The number of nitrogens with zero attached hydrogens (tertiary/aromatic N) is 1. The van der Waals surface area contributed by atoms with Crippen LogP contribution in [0.5, 0.6) is 11.5 Å². The average Bonchev–Trinajstić information content (AvgIpc) is 3.06. The van der Waals surface area contributed by atoms with Crippen LogP contribution in [0.2, 0.25) is 10.0 Å². The fourth-order valence-corrected chi connectivity index (χ4v) is 5.16. The standard InChI is InChI=1S/C25H18BrCl2NO4S/c1-2-32-21-12-16(11-18(26)23(21)33-14-15-6-5-7-17(27)10-15)13-22-24(30)29(25(31)34-22)20-9-4-3-8-19(20)28/h3-13H,2,14H2,1H3/b22-13-. The molecular formula is C25H18BrCl2NO4S. The van der Waals surface area contributed by atoms with Crippen molar-refractivity contribution in [2.24, 2.45) is 0 Å². The molecule has 0 spiro atoms. The largest absolute Gasteiger partial charge is 0.490 e. The van der Waals surface area contributed by atoms with E-state index in [1.165, 1.54) is 0 Å². The van der Waals surface area contributed by atoms with Crippen LogP contribution in [0.1, 0.15) is 18.1 Å². The molecule has 1 aliphatic rings. The Bertz CT molecular complexity index is 1300. The van der Waals surface area contributed by atoms with Gasteiger partial charge in [-0.3, -0.25) is 9.59 Å². The van der Waals surface area contributed by atoms with Crippen LogP contribution in [0.15, 0.2) is 70.0 Å². The molecule has 34 heavy (non-hydrogen) atoms. The van der Waals surface area contributed by atoms with Crippen molar-refractivity contribution in [2.75, 3.05) is 11.5 Å². The zero-order valence-electron chi connectivity index (χ0n) is 17.9. The number of rotatable bonds is 7. The first-order valence-electron chi connectivity index (χ1n) is 10.2. The summed E-state index contributed by atoms with van der Waals surface area (Å²) in [4.78, 5) is 26.9. The summed E-state index contributed by atoms with van der Waals surface area (Å²) in [5, 5.41) is 0.551. The van der Waals surface area contributed by atoms with Gasteiger partial charge in [0.2, 0.25) is 0 Å². The van der Waals surface area contributed by atoms with Crippen molar-refractivity contribution in [3.05, 3.63) is 91.2 Å². The number of carbonyl (C=O) groups is 2. The molecule has 1 saturated heterocycles. The van der Waals surface area contributed by atoms with E-state index in [0.717, 1.165) is 22.2 Å². The number of amides is 2. The van der Waals surface area contributed by atoms with E-state index >= 15 is 0 Å². The van der Waals surface area contributed by atoms with E-state index in [1.54, 1.807) is 48.5 Å². The van der Waals surface area contributed by atoms with Gasteiger partial charge in [0.25, 0.3) is 11.1 Å². The molecule has 1 aliphatic heterocycles. The summed E-state index contributed by atoms with van der Waals surface area (Å²) in [7, 11) is 0. The van der Waals surface area contributed by atoms with Gasteiger partial charge >= 0.3 is 0 Å². The first kappa shape index (κ1) is 24.7. The predicted octanol–water partition coefficient (Wildman–Crippen LogP) is 7.97. The van der Waals surface area contributed by atoms with Crippen molar-refractivity contribution >= 4 is 73.8 Å². The lowest BCUT2D eigenvalue weighted by atomic mass is 10.1. The fraction of sp³-hybridized carbons (Fsp3) is 0.120. The smallest absolute Gasteiger partial charge is 0.298 e. The number of hydrogen-bond acceptors (Lipinski definition) is 5. The summed E-state index contributed by atoms with van der Waals surface area (Å²) in [6.07, 6.45) is 1.65. The van der Waals surface area contributed by atoms with Gasteiger partial charge < -0.3 is 9.47 Å². The second-order valence-electron chi connectivity index (χ2n) is 7.15. The molecule has 3 aromatic rings. The summed E-state index contributed by atoms with van der Waals surface area (Å²) in [6.45, 7) is 2.60. The van der Waals surface area contributed by atoms with Crippen molar-refractivity contribution in [1.82, 2.24) is 0 Å². The second kappa shape index (κ2) is 10.9. The van der Waals surface area contributed by atoms with Crippen LogP contribution in [0.4, 0.5) is 10.5 Å². The van der Waals surface area contributed by atoms with E-state index < -0.39 is 11.1 Å². The third kappa shape index (κ3) is 5.44. The third-order valence-electron chi connectivity index (χ3n) is 4.79. The molecule has 0 aromatic heterocycles. The van der Waals surface area contributed by atoms with E-state index in [1.807, 2.05) is 25.1 Å². The van der Waals surface area contributed by atoms with Crippen LogP contribution in [0.25, 0.3) is 6.08 Å². The Kier molecular flexibility index (Phi) is 7.88. The average molecular weight is 579 g/mol. The number of ether oxygens (including phenoxy) is 2. The van der Waals surface area contributed by atoms with Gasteiger partial charge in [0.05, 0.1) is 26.7 Å². The molecule has 0 bridgehead atoms. The molecule has 1 heterocycles. The quantitative estimate of drug-likeness (QED) is 0.266. The van der Waals surface area contributed by atoms with Crippen molar-refractivity contribution in [1.29, 1.82) is 0 Å². The monoisotopic (exact) mass is 577 g/mol. The number of anilines is 1. The summed E-state index contributed by atoms with van der Waals surface area (Å²) in [6, 6.07) is 17.7. The van der Waals surface area contributed by atoms with E-state index in [-0.39, 0.29) is 4.91 Å². The van der Waals surface area contributed by atoms with E-state index in [2.05, 4.69) is 15.9 Å². The number of imide groups is 1. The maximum absolute atomic E-state index is 13.0. The summed E-state index contributed by atoms with van der Waals surface area (Å²) >= 11 is 16.7. The van der Waals surface area contributed by atoms with Gasteiger partial charge in [-0.1, -0.05) is 47.5 Å². The Morgan fingerprint density at radius 1 is 1.03 bits per heavy atom. The molecule has 2 amide bonds. The molecule has 1 fully saturated rings. The molecule has 3 aromatic carbocycles. The minimum absolute atomic E-state index is 0.284. The minimum atomic E-state index is -0.432. The van der Waals surface area contributed by atoms with Crippen LogP contribution >= 0.6 is 50.9 Å². The summed E-state index contributed by atoms with van der Waals surface area (Å²) < 4.78 is 12.5. The van der Waals surface area contributed by atoms with Gasteiger partial charge in [-0.2, -0.15) is 0 Å². The van der Waals surface area contributed by atoms with Gasteiger partial charge in [0.1, 0.15) is 6.61 Å². The normalized spacial score (nSPS) is 14.7. The Morgan fingerprint density at radius 3 is 2.56 bits per heavy atom. The number of hydrogen-bond donors (Lipinski definition) is 0. The highest BCUT2D eigenvalue weighted by Crippen LogP contribution is 2.41. The van der Waals surface area contributed by atoms with E-state index in [4.69, 9.17) is 32.7 Å². The molecule has 0 unspecified atom stereocenters. The number of para-hydroxylation sites is 1. The molecule has 0 aliphatic carbocycles. The van der Waals surface area contributed by atoms with Crippen molar-refractivity contribution < 1.29 is 19.1 Å². The molecule has 9 heteroatoms. The van der Waals surface area contributed by atoms with Crippen molar-refractivity contribution in [3.63, 3.8) is 0 Å². The first-order valence-corrected chi connectivity index (χ1v) is 12.6. The molecule has 0 atom stereocenters. The minimum Gasteiger partial charge on any atom is -0.490 e. The molecule has 4 rings (SSSR count). The Hall–Kier alpha value is -2.45. The zero-order chi connectivity index (χ0) is 24.2. The molecular weight excluding hydrogens is 561 g/mol. The Balaban J connectivity index is 1.61. The van der Waals surface area contributed by atoms with Gasteiger partial charge in [-0.15, -0.1) is 0 Å². The lowest BCUT2D eigenvalue weighted by Gasteiger charge is -2.15. The number of thioether (sulfide) groups is 1. The third-order valence-corrected chi connectivity index (χ3v) is 6.80. The number of benzene rings is 3. The number of carbonyl (C=O) groups excluding carboxylic acids is 2. The van der Waals surface area contributed by atoms with Crippen LogP contribution in [-0.2, 0) is 11.4 Å². The molecule has 5 nitrogen and oxygen atoms in total. The molecule has 0 radical (unpaired) electrons. The van der Waals surface area contributed by atoms with Crippen LogP contribution in [0.3, 0.4) is 0 Å². The zero-order valence-corrected chi connectivity index (χ0v) is 21.8. The van der Waals surface area contributed by atoms with Gasteiger partial charge in [-0.25, -0.2) is 4.90 Å². The summed E-state index contributed by atoms with van der Waals surface area (Å²) in [5.41, 5.74) is 1.95. The second-order valence-corrected chi connectivity index (χ2v) is 9.84. The van der Waals surface area contributed by atoms with Gasteiger partial charge in [0.15, 0.2) is 11.5 Å². The van der Waals surface area contributed by atoms with Crippen molar-refractivity contribution in [2.45, 2.75) is 13.5 Å². The predicted molar refractivity (Wildman–Crippen MR) is 141 cm³/mol. The van der Waals surface area contributed by atoms with Crippen molar-refractivity contribution in [3.8, 4) is 11.5 Å². The molecule has 0 saturated carbocycles. The highest BCUT2D eigenvalue weighted by molar-refractivity contribution is 9.10. The fourth-order valence-electron chi connectivity index (χ4n) is 3.32. The lowest BCUT2D eigenvalue weighted by molar-refractivity contribution is -0.113. The highest BCUT2D eigenvalue weighted by atomic mass is 79.9. The van der Waals surface area contributed by atoms with E-state index in [9.17, 15) is 9.59 Å². The Labute approximate surface area is 219 Å². The van der Waals surface area contributed by atoms with Gasteiger partial charge in [-0.05, 0) is 88.2 Å². The molecule has 0 N–H and O–H groups in total. The van der Waals surface area contributed by atoms with Crippen LogP contribution in [0, 0.1) is 0 Å². The van der Waals surface area contributed by atoms with Crippen LogP contribution < -0.4 is 14.4 Å². The topological polar surface area (TPSA) is 55.8 Å². The SMILES string of the molecule is CCOc1cc(/C=C2\SC(=O)N(c3ccccc3Cl)C2=O)cc(Br)c1OCc1cccc(Cl)c1. The summed E-state index contributed by atoms with van der Waals surface area (Å²) in [5.74, 6) is 0.608.